The normalized spacial score (nSPS) is 14.2. The lowest BCUT2D eigenvalue weighted by Crippen LogP contribution is -2.37. The zero-order valence-electron chi connectivity index (χ0n) is 13.3. The van der Waals surface area contributed by atoms with Crippen LogP contribution in [0.1, 0.15) is 11.1 Å². The summed E-state index contributed by atoms with van der Waals surface area (Å²) in [6.07, 6.45) is 2.74. The Morgan fingerprint density at radius 2 is 1.81 bits per heavy atom. The Kier molecular flexibility index (Phi) is 5.09. The van der Waals surface area contributed by atoms with Crippen LogP contribution in [0.25, 0.3) is 6.08 Å². The number of hydrogen-bond acceptors (Lipinski definition) is 4. The maximum atomic E-state index is 11.8. The molecule has 0 fully saturated rings. The average molecular weight is 369 g/mol. The second-order valence-corrected chi connectivity index (χ2v) is 5.71. The van der Waals surface area contributed by atoms with Crippen LogP contribution in [0.3, 0.4) is 0 Å². The second kappa shape index (κ2) is 7.62. The van der Waals surface area contributed by atoms with E-state index >= 15 is 0 Å². The fourth-order valence-corrected chi connectivity index (χ4v) is 2.37. The van der Waals surface area contributed by atoms with E-state index in [2.05, 4.69) is 21.2 Å². The number of carbonyl (C=O) groups excluding carboxylic acids is 3. The first kappa shape index (κ1) is 17.4. The maximum absolute atomic E-state index is 11.8. The van der Waals surface area contributed by atoms with E-state index in [9.17, 15) is 14.4 Å². The molecule has 0 aliphatic carbocycles. The quantitative estimate of drug-likeness (QED) is 0.573. The van der Waals surface area contributed by atoms with Gasteiger partial charge in [-0.3, -0.25) is 14.9 Å². The molecule has 2 aromatic carbocycles. The Bertz CT molecular complexity index is 936. The van der Waals surface area contributed by atoms with Gasteiger partial charge in [0.15, 0.2) is 5.71 Å². The summed E-state index contributed by atoms with van der Waals surface area (Å²) in [5, 5.41) is 9.07. The SMILES string of the molecule is O=C(/C=C/c1ccc(Cl)cc1)NC(=O)N/N=C1\C(=O)Nc2ccccc21. The number of nitrogens with zero attached hydrogens (tertiary/aromatic N) is 1. The van der Waals surface area contributed by atoms with Crippen molar-refractivity contribution < 1.29 is 14.4 Å². The van der Waals surface area contributed by atoms with Crippen molar-refractivity contribution in [2.45, 2.75) is 0 Å². The number of hydrazone groups is 1. The van der Waals surface area contributed by atoms with Gasteiger partial charge in [0.2, 0.25) is 0 Å². The fourth-order valence-electron chi connectivity index (χ4n) is 2.25. The van der Waals surface area contributed by atoms with E-state index in [1.807, 2.05) is 0 Å². The molecule has 8 heteroatoms. The van der Waals surface area contributed by atoms with Gasteiger partial charge in [-0.1, -0.05) is 41.9 Å². The Labute approximate surface area is 153 Å². The summed E-state index contributed by atoms with van der Waals surface area (Å²) in [6.45, 7) is 0. The first-order valence-electron chi connectivity index (χ1n) is 7.56. The van der Waals surface area contributed by atoms with Crippen LogP contribution >= 0.6 is 11.6 Å². The highest BCUT2D eigenvalue weighted by Crippen LogP contribution is 2.22. The average Bonchev–Trinajstić information content (AvgIpc) is 2.94. The Balaban J connectivity index is 1.58. The number of urea groups is 1. The van der Waals surface area contributed by atoms with Crippen molar-refractivity contribution in [2.75, 3.05) is 5.32 Å². The maximum Gasteiger partial charge on any atom is 0.342 e. The van der Waals surface area contributed by atoms with Gasteiger partial charge in [-0.2, -0.15) is 5.10 Å². The van der Waals surface area contributed by atoms with Crippen LogP contribution in [0.4, 0.5) is 10.5 Å². The number of fused-ring (bicyclic) bond motifs is 1. The van der Waals surface area contributed by atoms with E-state index in [0.29, 0.717) is 16.3 Å². The third kappa shape index (κ3) is 4.14. The number of para-hydroxylation sites is 1. The number of benzene rings is 2. The molecule has 0 aromatic heterocycles. The highest BCUT2D eigenvalue weighted by Gasteiger charge is 2.25. The molecular weight excluding hydrogens is 356 g/mol. The molecule has 2 aromatic rings. The lowest BCUT2D eigenvalue weighted by atomic mass is 10.1. The number of amides is 4. The minimum Gasteiger partial charge on any atom is -0.320 e. The first-order valence-corrected chi connectivity index (χ1v) is 7.94. The summed E-state index contributed by atoms with van der Waals surface area (Å²) in [6, 6.07) is 12.9. The van der Waals surface area contributed by atoms with E-state index in [0.717, 1.165) is 5.56 Å². The van der Waals surface area contributed by atoms with Crippen molar-refractivity contribution in [1.29, 1.82) is 0 Å². The molecule has 130 valence electrons. The molecule has 26 heavy (non-hydrogen) atoms. The molecule has 4 amide bonds. The van der Waals surface area contributed by atoms with Gasteiger partial charge in [0, 0.05) is 16.7 Å². The minimum atomic E-state index is -0.847. The highest BCUT2D eigenvalue weighted by atomic mass is 35.5. The third-order valence-corrected chi connectivity index (χ3v) is 3.70. The van der Waals surface area contributed by atoms with Gasteiger partial charge in [0.25, 0.3) is 11.8 Å². The van der Waals surface area contributed by atoms with Crippen LogP contribution in [0.5, 0.6) is 0 Å². The van der Waals surface area contributed by atoms with Gasteiger partial charge in [-0.15, -0.1) is 0 Å². The molecule has 3 rings (SSSR count). The summed E-state index contributed by atoms with van der Waals surface area (Å²) in [5.41, 5.74) is 4.15. The van der Waals surface area contributed by atoms with E-state index in [-0.39, 0.29) is 5.71 Å². The fraction of sp³-hybridized carbons (Fsp3) is 0. The molecule has 0 spiro atoms. The van der Waals surface area contributed by atoms with E-state index in [4.69, 9.17) is 11.6 Å². The van der Waals surface area contributed by atoms with Crippen molar-refractivity contribution in [3.8, 4) is 0 Å². The molecule has 7 nitrogen and oxygen atoms in total. The number of hydrogen-bond donors (Lipinski definition) is 3. The summed E-state index contributed by atoms with van der Waals surface area (Å²) in [4.78, 5) is 35.3. The molecule has 0 saturated carbocycles. The molecule has 3 N–H and O–H groups in total. The zero-order chi connectivity index (χ0) is 18.5. The van der Waals surface area contributed by atoms with Gasteiger partial charge < -0.3 is 5.32 Å². The van der Waals surface area contributed by atoms with Crippen LogP contribution in [0.2, 0.25) is 5.02 Å². The van der Waals surface area contributed by atoms with Gasteiger partial charge >= 0.3 is 6.03 Å². The molecule has 1 aliphatic rings. The predicted octanol–water partition coefficient (Wildman–Crippen LogP) is 2.54. The Morgan fingerprint density at radius 3 is 2.58 bits per heavy atom. The number of anilines is 1. The third-order valence-electron chi connectivity index (χ3n) is 3.45. The Hall–Kier alpha value is -3.45. The van der Waals surface area contributed by atoms with E-state index < -0.39 is 17.8 Å². The monoisotopic (exact) mass is 368 g/mol. The second-order valence-electron chi connectivity index (χ2n) is 5.28. The minimum absolute atomic E-state index is 0.0694. The lowest BCUT2D eigenvalue weighted by Gasteiger charge is -2.01. The molecular formula is C18H13ClN4O3. The van der Waals surface area contributed by atoms with Crippen molar-refractivity contribution in [3.63, 3.8) is 0 Å². The number of rotatable bonds is 3. The molecule has 1 heterocycles. The summed E-state index contributed by atoms with van der Waals surface area (Å²) >= 11 is 5.78. The van der Waals surface area contributed by atoms with Gasteiger partial charge in [0.1, 0.15) is 0 Å². The predicted molar refractivity (Wildman–Crippen MR) is 98.8 cm³/mol. The van der Waals surface area contributed by atoms with Crippen LogP contribution in [0.15, 0.2) is 59.7 Å². The van der Waals surface area contributed by atoms with E-state index in [1.54, 1.807) is 48.5 Å². The van der Waals surface area contributed by atoms with Crippen molar-refractivity contribution in [1.82, 2.24) is 10.7 Å². The van der Waals surface area contributed by atoms with Crippen LogP contribution < -0.4 is 16.1 Å². The largest absolute Gasteiger partial charge is 0.342 e. The number of nitrogens with one attached hydrogen (secondary N) is 3. The van der Waals surface area contributed by atoms with Gasteiger partial charge in [-0.25, -0.2) is 10.2 Å². The van der Waals surface area contributed by atoms with Gasteiger partial charge in [0.05, 0.1) is 5.69 Å². The topological polar surface area (TPSA) is 99.7 Å². The molecule has 0 atom stereocenters. The summed E-state index contributed by atoms with van der Waals surface area (Å²) in [5.74, 6) is -1.06. The number of halogens is 1. The zero-order valence-corrected chi connectivity index (χ0v) is 14.1. The molecule has 1 aliphatic heterocycles. The molecule has 0 unspecified atom stereocenters. The number of carbonyl (C=O) groups is 3. The first-order chi connectivity index (χ1) is 12.5. The molecule has 0 saturated heterocycles. The number of imide groups is 1. The van der Waals surface area contributed by atoms with Crippen molar-refractivity contribution in [3.05, 3.63) is 70.8 Å². The van der Waals surface area contributed by atoms with Crippen molar-refractivity contribution >= 4 is 46.9 Å². The Morgan fingerprint density at radius 1 is 1.08 bits per heavy atom. The summed E-state index contributed by atoms with van der Waals surface area (Å²) in [7, 11) is 0. The molecule has 0 radical (unpaired) electrons. The molecule has 0 bridgehead atoms. The van der Waals surface area contributed by atoms with Crippen LogP contribution in [-0.2, 0) is 9.59 Å². The standard InChI is InChI=1S/C18H13ClN4O3/c19-12-8-5-11(6-9-12)7-10-15(24)21-18(26)23-22-16-13-3-1-2-4-14(13)20-17(16)25/h1-10H,(H,20,22,25)(H2,21,23,24,26)/b10-7+. The van der Waals surface area contributed by atoms with Crippen molar-refractivity contribution in [2.24, 2.45) is 5.10 Å². The van der Waals surface area contributed by atoms with E-state index in [1.165, 1.54) is 12.2 Å². The highest BCUT2D eigenvalue weighted by molar-refractivity contribution is 6.53. The van der Waals surface area contributed by atoms with Crippen LogP contribution in [0, 0.1) is 0 Å². The summed E-state index contributed by atoms with van der Waals surface area (Å²) < 4.78 is 0. The smallest absolute Gasteiger partial charge is 0.320 e. The lowest BCUT2D eigenvalue weighted by molar-refractivity contribution is -0.115. The van der Waals surface area contributed by atoms with Crippen LogP contribution in [-0.4, -0.2) is 23.6 Å². The van der Waals surface area contributed by atoms with Gasteiger partial charge in [-0.05, 0) is 29.8 Å².